The molecule has 0 N–H and O–H groups in total. The molecule has 0 bridgehead atoms. The molecule has 27 heavy (non-hydrogen) atoms. The first-order valence-corrected chi connectivity index (χ1v) is 10.7. The number of rotatable bonds is 8. The second kappa shape index (κ2) is 8.59. The Kier molecular flexibility index (Phi) is 5.75. The van der Waals surface area contributed by atoms with Crippen LogP contribution in [0.3, 0.4) is 0 Å². The minimum absolute atomic E-state index is 0.280. The summed E-state index contributed by atoms with van der Waals surface area (Å²) < 4.78 is 20.3. The van der Waals surface area contributed by atoms with Crippen LogP contribution in [-0.4, -0.2) is 25.2 Å². The average molecular weight is 420 g/mol. The summed E-state index contributed by atoms with van der Waals surface area (Å²) in [5.41, 5.74) is 0.952. The van der Waals surface area contributed by atoms with Gasteiger partial charge in [0.1, 0.15) is 23.2 Å². The average Bonchev–Trinajstić information content (AvgIpc) is 3.42. The van der Waals surface area contributed by atoms with Gasteiger partial charge in [-0.2, -0.15) is 0 Å². The molecule has 6 nitrogen and oxygen atoms in total. The minimum atomic E-state index is -0.280. The van der Waals surface area contributed by atoms with Gasteiger partial charge >= 0.3 is 0 Å². The Hall–Kier alpha value is -2.30. The summed E-state index contributed by atoms with van der Waals surface area (Å²) >= 11 is 4.77. The van der Waals surface area contributed by atoms with Crippen LogP contribution in [0.25, 0.3) is 0 Å². The lowest BCUT2D eigenvalue weighted by Crippen LogP contribution is -2.02. The predicted octanol–water partition coefficient (Wildman–Crippen LogP) is 4.25. The zero-order chi connectivity index (χ0) is 18.5. The Bertz CT molecular complexity index is 984. The molecular weight excluding hydrogens is 405 g/mol. The number of hydrogen-bond donors (Lipinski definition) is 0. The highest BCUT2D eigenvalue weighted by molar-refractivity contribution is 7.98. The van der Waals surface area contributed by atoms with Crippen LogP contribution in [-0.2, 0) is 18.9 Å². The van der Waals surface area contributed by atoms with E-state index in [2.05, 4.69) is 26.6 Å². The third kappa shape index (κ3) is 4.90. The van der Waals surface area contributed by atoms with Crippen LogP contribution in [0.2, 0.25) is 0 Å². The van der Waals surface area contributed by atoms with E-state index in [4.69, 9.17) is 4.74 Å². The van der Waals surface area contributed by atoms with Gasteiger partial charge in [0.25, 0.3) is 0 Å². The monoisotopic (exact) mass is 419 g/mol. The molecule has 10 heteroatoms. The Balaban J connectivity index is 1.31. The van der Waals surface area contributed by atoms with Crippen LogP contribution in [0.15, 0.2) is 52.3 Å². The van der Waals surface area contributed by atoms with Crippen LogP contribution in [0.1, 0.15) is 15.6 Å². The third-order valence-corrected chi connectivity index (χ3v) is 6.23. The van der Waals surface area contributed by atoms with Crippen molar-refractivity contribution in [3.63, 3.8) is 0 Å². The maximum atomic E-state index is 12.9. The molecule has 4 rings (SSSR count). The molecule has 0 unspecified atom stereocenters. The molecule has 0 radical (unpaired) electrons. The van der Waals surface area contributed by atoms with Crippen LogP contribution in [0.4, 0.5) is 4.39 Å². The first-order valence-electron chi connectivity index (χ1n) is 7.99. The highest BCUT2D eigenvalue weighted by Crippen LogP contribution is 2.23. The first-order chi connectivity index (χ1) is 13.3. The van der Waals surface area contributed by atoms with Crippen molar-refractivity contribution in [2.45, 2.75) is 24.1 Å². The summed E-state index contributed by atoms with van der Waals surface area (Å²) in [5, 5.41) is 17.6. The van der Waals surface area contributed by atoms with Crippen LogP contribution in [0.5, 0.6) is 5.75 Å². The quantitative estimate of drug-likeness (QED) is 0.398. The molecule has 0 saturated heterocycles. The van der Waals surface area contributed by atoms with Crippen molar-refractivity contribution in [2.24, 2.45) is 0 Å². The highest BCUT2D eigenvalue weighted by Gasteiger charge is 2.10. The van der Waals surface area contributed by atoms with Gasteiger partial charge < -0.3 is 4.74 Å². The number of thiazole rings is 1. The maximum Gasteiger partial charge on any atom is 0.210 e. The van der Waals surface area contributed by atoms with Crippen molar-refractivity contribution in [1.29, 1.82) is 0 Å². The van der Waals surface area contributed by atoms with Crippen LogP contribution >= 0.6 is 34.4 Å². The molecule has 0 atom stereocenters. The summed E-state index contributed by atoms with van der Waals surface area (Å²) in [4.78, 5) is 5.78. The number of ether oxygens (including phenoxy) is 1. The van der Waals surface area contributed by atoms with E-state index in [0.29, 0.717) is 24.7 Å². The maximum absolute atomic E-state index is 12.9. The third-order valence-electron chi connectivity index (χ3n) is 3.51. The van der Waals surface area contributed by atoms with Gasteiger partial charge in [0, 0.05) is 16.0 Å². The summed E-state index contributed by atoms with van der Waals surface area (Å²) in [6.45, 7) is 1.03. The molecule has 138 valence electrons. The molecular formula is C17H14FN5OS3. The molecule has 0 saturated carbocycles. The first kappa shape index (κ1) is 18.1. The minimum Gasteiger partial charge on any atom is -0.486 e. The number of thioether (sulfide) groups is 1. The summed E-state index contributed by atoms with van der Waals surface area (Å²) in [6, 6.07) is 10.0. The zero-order valence-corrected chi connectivity index (χ0v) is 16.4. The summed E-state index contributed by atoms with van der Waals surface area (Å²) in [5.74, 6) is 1.02. The van der Waals surface area contributed by atoms with Gasteiger partial charge in [0.2, 0.25) is 5.16 Å². The van der Waals surface area contributed by atoms with Crippen molar-refractivity contribution in [2.75, 3.05) is 0 Å². The van der Waals surface area contributed by atoms with E-state index >= 15 is 0 Å². The van der Waals surface area contributed by atoms with Crippen LogP contribution < -0.4 is 4.74 Å². The fraction of sp³-hybridized carbons (Fsp3) is 0.176. The number of hydrogen-bond acceptors (Lipinski definition) is 8. The van der Waals surface area contributed by atoms with E-state index in [1.807, 2.05) is 16.8 Å². The molecule has 0 aliphatic rings. The van der Waals surface area contributed by atoms with Gasteiger partial charge in [-0.15, -0.1) is 27.8 Å². The summed E-state index contributed by atoms with van der Waals surface area (Å²) in [6.07, 6.45) is 0. The van der Waals surface area contributed by atoms with E-state index in [-0.39, 0.29) is 5.82 Å². The second-order valence-electron chi connectivity index (χ2n) is 5.46. The molecule has 3 aromatic heterocycles. The van der Waals surface area contributed by atoms with E-state index in [9.17, 15) is 4.39 Å². The largest absolute Gasteiger partial charge is 0.486 e. The summed E-state index contributed by atoms with van der Waals surface area (Å²) in [7, 11) is 0. The molecule has 0 amide bonds. The van der Waals surface area contributed by atoms with Crippen molar-refractivity contribution in [3.05, 3.63) is 68.6 Å². The zero-order valence-electron chi connectivity index (χ0n) is 14.0. The molecule has 0 aliphatic heterocycles. The van der Waals surface area contributed by atoms with Crippen LogP contribution in [0, 0.1) is 5.82 Å². The lowest BCUT2D eigenvalue weighted by atomic mass is 10.3. The lowest BCUT2D eigenvalue weighted by Gasteiger charge is -2.03. The van der Waals surface area contributed by atoms with E-state index in [1.165, 1.54) is 28.3 Å². The molecule has 0 fully saturated rings. The van der Waals surface area contributed by atoms with Gasteiger partial charge in [0.15, 0.2) is 0 Å². The van der Waals surface area contributed by atoms with Gasteiger partial charge in [0.05, 0.1) is 12.2 Å². The standard InChI is InChI=1S/C17H14FN5OS3/c18-12-3-5-14(6-4-12)24-9-16-19-13(10-26-16)11-27-17-20-21-22-23(17)8-15-2-1-7-25-15/h1-7,10H,8-9,11H2. The van der Waals surface area contributed by atoms with Gasteiger partial charge in [-0.25, -0.2) is 14.1 Å². The molecule has 1 aromatic carbocycles. The van der Waals surface area contributed by atoms with E-state index in [0.717, 1.165) is 15.9 Å². The SMILES string of the molecule is Fc1ccc(OCc2nc(CSc3nnnn3Cc3cccs3)cs2)cc1. The van der Waals surface area contributed by atoms with E-state index in [1.54, 1.807) is 39.9 Å². The molecule has 0 aliphatic carbocycles. The number of nitrogens with zero attached hydrogens (tertiary/aromatic N) is 5. The molecule has 3 heterocycles. The van der Waals surface area contributed by atoms with Crippen molar-refractivity contribution in [3.8, 4) is 5.75 Å². The van der Waals surface area contributed by atoms with Gasteiger partial charge in [-0.1, -0.05) is 17.8 Å². The topological polar surface area (TPSA) is 65.7 Å². The fourth-order valence-corrected chi connectivity index (χ4v) is 4.51. The Morgan fingerprint density at radius 2 is 2.04 bits per heavy atom. The van der Waals surface area contributed by atoms with Crippen molar-refractivity contribution < 1.29 is 9.13 Å². The fourth-order valence-electron chi connectivity index (χ4n) is 2.25. The number of halogens is 1. The second-order valence-corrected chi connectivity index (χ2v) is 8.38. The van der Waals surface area contributed by atoms with Gasteiger partial charge in [-0.05, 0) is 46.1 Å². The Morgan fingerprint density at radius 3 is 2.85 bits per heavy atom. The predicted molar refractivity (Wildman–Crippen MR) is 104 cm³/mol. The normalized spacial score (nSPS) is 11.0. The Morgan fingerprint density at radius 1 is 1.15 bits per heavy atom. The van der Waals surface area contributed by atoms with E-state index < -0.39 is 0 Å². The smallest absolute Gasteiger partial charge is 0.210 e. The van der Waals surface area contributed by atoms with Crippen molar-refractivity contribution >= 4 is 34.4 Å². The lowest BCUT2D eigenvalue weighted by molar-refractivity contribution is 0.305. The number of tetrazole rings is 1. The van der Waals surface area contributed by atoms with Gasteiger partial charge in [-0.3, -0.25) is 0 Å². The molecule has 4 aromatic rings. The number of thiophene rings is 1. The van der Waals surface area contributed by atoms with Crippen molar-refractivity contribution in [1.82, 2.24) is 25.2 Å². The molecule has 0 spiro atoms. The number of benzene rings is 1. The highest BCUT2D eigenvalue weighted by atomic mass is 32.2. The Labute approximate surface area is 167 Å². The number of aromatic nitrogens is 5.